The van der Waals surface area contributed by atoms with Crippen molar-refractivity contribution in [3.05, 3.63) is 54.1 Å². The third-order valence-electron chi connectivity index (χ3n) is 3.92. The molecule has 2 heteroatoms. The fourth-order valence-corrected chi connectivity index (χ4v) is 2.85. The smallest absolute Gasteiger partial charge is 0.101 e. The number of rotatable bonds is 2. The van der Waals surface area contributed by atoms with Crippen LogP contribution in [0.3, 0.4) is 0 Å². The van der Waals surface area contributed by atoms with Crippen molar-refractivity contribution in [3.8, 4) is 17.2 Å². The van der Waals surface area contributed by atoms with Crippen LogP contribution in [0.15, 0.2) is 48.5 Å². The van der Waals surface area contributed by atoms with Crippen molar-refractivity contribution < 1.29 is 0 Å². The van der Waals surface area contributed by atoms with Gasteiger partial charge in [0.15, 0.2) is 0 Å². The Morgan fingerprint density at radius 3 is 2.30 bits per heavy atom. The summed E-state index contributed by atoms with van der Waals surface area (Å²) < 4.78 is 0. The molecule has 3 rings (SSSR count). The van der Waals surface area contributed by atoms with Gasteiger partial charge in [-0.25, -0.2) is 0 Å². The average molecular weight is 262 g/mol. The molecule has 0 aromatic heterocycles. The SMILES string of the molecule is N#Cc1cc(-c2ccccc2)ccc1N1CCCCC1. The first-order valence-corrected chi connectivity index (χ1v) is 7.23. The second-order valence-electron chi connectivity index (χ2n) is 5.26. The van der Waals surface area contributed by atoms with E-state index in [0.717, 1.165) is 35.5 Å². The van der Waals surface area contributed by atoms with Crippen LogP contribution in [0.1, 0.15) is 24.8 Å². The van der Waals surface area contributed by atoms with Gasteiger partial charge in [-0.3, -0.25) is 0 Å². The zero-order valence-corrected chi connectivity index (χ0v) is 11.5. The molecule has 1 saturated heterocycles. The number of nitriles is 1. The van der Waals surface area contributed by atoms with Gasteiger partial charge in [0.05, 0.1) is 11.3 Å². The highest BCUT2D eigenvalue weighted by molar-refractivity contribution is 5.71. The van der Waals surface area contributed by atoms with Gasteiger partial charge in [-0.1, -0.05) is 36.4 Å². The summed E-state index contributed by atoms with van der Waals surface area (Å²) in [5.74, 6) is 0. The summed E-state index contributed by atoms with van der Waals surface area (Å²) in [5, 5.41) is 9.44. The van der Waals surface area contributed by atoms with E-state index in [4.69, 9.17) is 0 Å². The van der Waals surface area contributed by atoms with E-state index in [1.54, 1.807) is 0 Å². The summed E-state index contributed by atoms with van der Waals surface area (Å²) in [6.45, 7) is 2.14. The molecule has 20 heavy (non-hydrogen) atoms. The maximum Gasteiger partial charge on any atom is 0.101 e. The van der Waals surface area contributed by atoms with Gasteiger partial charge in [0, 0.05) is 13.1 Å². The third kappa shape index (κ3) is 2.53. The Labute approximate surface area is 120 Å². The van der Waals surface area contributed by atoms with Crippen LogP contribution < -0.4 is 4.90 Å². The van der Waals surface area contributed by atoms with Crippen molar-refractivity contribution in [1.29, 1.82) is 5.26 Å². The highest BCUT2D eigenvalue weighted by Crippen LogP contribution is 2.28. The number of piperidine rings is 1. The first-order chi connectivity index (χ1) is 9.88. The molecular weight excluding hydrogens is 244 g/mol. The second kappa shape index (κ2) is 5.79. The average Bonchev–Trinajstić information content (AvgIpc) is 2.56. The summed E-state index contributed by atoms with van der Waals surface area (Å²) in [6, 6.07) is 18.8. The molecule has 100 valence electrons. The molecule has 1 heterocycles. The molecule has 0 atom stereocenters. The van der Waals surface area contributed by atoms with Gasteiger partial charge in [-0.2, -0.15) is 5.26 Å². The topological polar surface area (TPSA) is 27.0 Å². The van der Waals surface area contributed by atoms with Crippen LogP contribution in [0.25, 0.3) is 11.1 Å². The Bertz CT molecular complexity index is 620. The quantitative estimate of drug-likeness (QED) is 0.810. The fraction of sp³-hybridized carbons (Fsp3) is 0.278. The van der Waals surface area contributed by atoms with E-state index in [0.29, 0.717) is 0 Å². The summed E-state index contributed by atoms with van der Waals surface area (Å²) in [7, 11) is 0. The molecular formula is C18H18N2. The Hall–Kier alpha value is -2.27. The van der Waals surface area contributed by atoms with Crippen molar-refractivity contribution in [2.45, 2.75) is 19.3 Å². The molecule has 0 saturated carbocycles. The van der Waals surface area contributed by atoms with Gasteiger partial charge in [-0.15, -0.1) is 0 Å². The van der Waals surface area contributed by atoms with E-state index >= 15 is 0 Å². The molecule has 2 aromatic carbocycles. The van der Waals surface area contributed by atoms with Crippen molar-refractivity contribution in [2.24, 2.45) is 0 Å². The number of hydrogen-bond donors (Lipinski definition) is 0. The minimum Gasteiger partial charge on any atom is -0.370 e. The molecule has 0 bridgehead atoms. The van der Waals surface area contributed by atoms with E-state index in [9.17, 15) is 5.26 Å². The minimum atomic E-state index is 0.785. The highest BCUT2D eigenvalue weighted by atomic mass is 15.1. The van der Waals surface area contributed by atoms with Gasteiger partial charge in [-0.05, 0) is 42.5 Å². The molecule has 0 aliphatic carbocycles. The van der Waals surface area contributed by atoms with Gasteiger partial charge in [0.25, 0.3) is 0 Å². The normalized spacial score (nSPS) is 14.8. The van der Waals surface area contributed by atoms with Crippen molar-refractivity contribution >= 4 is 5.69 Å². The summed E-state index contributed by atoms with van der Waals surface area (Å²) in [4.78, 5) is 2.34. The lowest BCUT2D eigenvalue weighted by atomic mass is 10.0. The molecule has 1 aliphatic rings. The number of anilines is 1. The first kappa shape index (κ1) is 12.7. The summed E-state index contributed by atoms with van der Waals surface area (Å²) >= 11 is 0. The molecule has 1 aliphatic heterocycles. The lowest BCUT2D eigenvalue weighted by Crippen LogP contribution is -2.29. The summed E-state index contributed by atoms with van der Waals surface area (Å²) in [6.07, 6.45) is 3.76. The fourth-order valence-electron chi connectivity index (χ4n) is 2.85. The lowest BCUT2D eigenvalue weighted by molar-refractivity contribution is 0.577. The first-order valence-electron chi connectivity index (χ1n) is 7.23. The van der Waals surface area contributed by atoms with E-state index in [2.05, 4.69) is 35.2 Å². The van der Waals surface area contributed by atoms with Gasteiger partial charge < -0.3 is 4.90 Å². The van der Waals surface area contributed by atoms with Crippen LogP contribution in [-0.4, -0.2) is 13.1 Å². The largest absolute Gasteiger partial charge is 0.370 e. The standard InChI is InChI=1S/C18H18N2/c19-14-17-13-16(15-7-3-1-4-8-15)9-10-18(17)20-11-5-2-6-12-20/h1,3-4,7-10,13H,2,5-6,11-12H2. The van der Waals surface area contributed by atoms with Crippen LogP contribution in [0.5, 0.6) is 0 Å². The Kier molecular flexibility index (Phi) is 3.69. The maximum atomic E-state index is 9.44. The second-order valence-corrected chi connectivity index (χ2v) is 5.26. The van der Waals surface area contributed by atoms with Crippen molar-refractivity contribution in [1.82, 2.24) is 0 Å². The van der Waals surface area contributed by atoms with Gasteiger partial charge >= 0.3 is 0 Å². The van der Waals surface area contributed by atoms with E-state index in [-0.39, 0.29) is 0 Å². The Balaban J connectivity index is 1.96. The van der Waals surface area contributed by atoms with Crippen LogP contribution >= 0.6 is 0 Å². The number of nitrogens with zero attached hydrogens (tertiary/aromatic N) is 2. The molecule has 0 radical (unpaired) electrons. The van der Waals surface area contributed by atoms with Crippen LogP contribution in [-0.2, 0) is 0 Å². The predicted octanol–water partition coefficient (Wildman–Crippen LogP) is 4.22. The maximum absolute atomic E-state index is 9.44. The summed E-state index contributed by atoms with van der Waals surface area (Å²) in [5.41, 5.74) is 4.15. The molecule has 0 N–H and O–H groups in total. The zero-order chi connectivity index (χ0) is 13.8. The van der Waals surface area contributed by atoms with Crippen LogP contribution in [0.2, 0.25) is 0 Å². The van der Waals surface area contributed by atoms with Crippen molar-refractivity contribution in [2.75, 3.05) is 18.0 Å². The lowest BCUT2D eigenvalue weighted by Gasteiger charge is -2.29. The molecule has 0 unspecified atom stereocenters. The monoisotopic (exact) mass is 262 g/mol. The van der Waals surface area contributed by atoms with Gasteiger partial charge in [0.1, 0.15) is 6.07 Å². The van der Waals surface area contributed by atoms with E-state index < -0.39 is 0 Å². The predicted molar refractivity (Wildman–Crippen MR) is 82.7 cm³/mol. The van der Waals surface area contributed by atoms with E-state index in [1.165, 1.54) is 19.3 Å². The third-order valence-corrected chi connectivity index (χ3v) is 3.92. The van der Waals surface area contributed by atoms with E-state index in [1.807, 2.05) is 24.3 Å². The molecule has 2 nitrogen and oxygen atoms in total. The van der Waals surface area contributed by atoms with Crippen molar-refractivity contribution in [3.63, 3.8) is 0 Å². The molecule has 0 amide bonds. The van der Waals surface area contributed by atoms with Crippen LogP contribution in [0, 0.1) is 11.3 Å². The Morgan fingerprint density at radius 1 is 0.850 bits per heavy atom. The molecule has 2 aromatic rings. The zero-order valence-electron chi connectivity index (χ0n) is 11.5. The number of hydrogen-bond acceptors (Lipinski definition) is 2. The van der Waals surface area contributed by atoms with Gasteiger partial charge in [0.2, 0.25) is 0 Å². The molecule has 0 spiro atoms. The minimum absolute atomic E-state index is 0.785. The number of benzene rings is 2. The Morgan fingerprint density at radius 2 is 1.60 bits per heavy atom. The van der Waals surface area contributed by atoms with Crippen LogP contribution in [0.4, 0.5) is 5.69 Å². The highest BCUT2D eigenvalue weighted by Gasteiger charge is 2.15. The molecule has 1 fully saturated rings.